The lowest BCUT2D eigenvalue weighted by Crippen LogP contribution is -2.46. The molecule has 2 aromatic carbocycles. The van der Waals surface area contributed by atoms with Crippen molar-refractivity contribution in [2.45, 2.75) is 51.2 Å². The van der Waals surface area contributed by atoms with Crippen LogP contribution < -0.4 is 9.47 Å². The molecule has 1 saturated heterocycles. The van der Waals surface area contributed by atoms with Crippen LogP contribution in [0.2, 0.25) is 0 Å². The summed E-state index contributed by atoms with van der Waals surface area (Å²) in [5.41, 5.74) is 1.22. The molecule has 2 atom stereocenters. The van der Waals surface area contributed by atoms with Gasteiger partial charge in [0.25, 0.3) is 0 Å². The summed E-state index contributed by atoms with van der Waals surface area (Å²) in [6.45, 7) is 6.41. The number of halogens is 3. The van der Waals surface area contributed by atoms with Crippen molar-refractivity contribution >= 4 is 6.09 Å². The van der Waals surface area contributed by atoms with Gasteiger partial charge in [-0.25, -0.2) is 4.79 Å². The van der Waals surface area contributed by atoms with E-state index < -0.39 is 12.0 Å². The topological polar surface area (TPSA) is 48.0 Å². The maximum absolute atomic E-state index is 12.8. The minimum absolute atomic E-state index is 0.0769. The van der Waals surface area contributed by atoms with E-state index in [0.29, 0.717) is 36.4 Å². The third-order valence-corrected chi connectivity index (χ3v) is 5.31. The van der Waals surface area contributed by atoms with Gasteiger partial charge >= 0.3 is 12.5 Å². The molecule has 166 valence electrons. The molecule has 2 aromatic rings. The van der Waals surface area contributed by atoms with Crippen molar-refractivity contribution in [2.75, 3.05) is 13.1 Å². The maximum atomic E-state index is 12.8. The van der Waals surface area contributed by atoms with E-state index in [1.165, 1.54) is 12.1 Å². The SMILES string of the molecule is CC(C)(C)OC(=O)N1CCC2Oc3ccc(-c4ccccc4OC(F)(F)F)cc3C2C1. The molecule has 8 heteroatoms. The Balaban J connectivity index is 1.61. The van der Waals surface area contributed by atoms with Gasteiger partial charge in [0.2, 0.25) is 0 Å². The van der Waals surface area contributed by atoms with Gasteiger partial charge in [-0.15, -0.1) is 13.2 Å². The first kappa shape index (κ1) is 21.3. The van der Waals surface area contributed by atoms with Gasteiger partial charge in [-0.1, -0.05) is 24.3 Å². The fourth-order valence-corrected chi connectivity index (χ4v) is 4.06. The number of benzene rings is 2. The summed E-state index contributed by atoms with van der Waals surface area (Å²) in [6.07, 6.45) is -4.58. The van der Waals surface area contributed by atoms with Crippen molar-refractivity contribution < 1.29 is 32.2 Å². The molecule has 0 saturated carbocycles. The molecule has 5 nitrogen and oxygen atoms in total. The van der Waals surface area contributed by atoms with Gasteiger partial charge in [-0.2, -0.15) is 0 Å². The molecule has 0 spiro atoms. The minimum atomic E-state index is -4.78. The van der Waals surface area contributed by atoms with Crippen molar-refractivity contribution in [2.24, 2.45) is 0 Å². The molecule has 0 aromatic heterocycles. The minimum Gasteiger partial charge on any atom is -0.489 e. The molecule has 2 heterocycles. The number of para-hydroxylation sites is 1. The van der Waals surface area contributed by atoms with E-state index >= 15 is 0 Å². The summed E-state index contributed by atoms with van der Waals surface area (Å²) in [5.74, 6) is 0.357. The Morgan fingerprint density at radius 3 is 2.58 bits per heavy atom. The van der Waals surface area contributed by atoms with Crippen LogP contribution in [0.15, 0.2) is 42.5 Å². The molecule has 2 aliphatic rings. The van der Waals surface area contributed by atoms with Gasteiger partial charge in [0.15, 0.2) is 0 Å². The van der Waals surface area contributed by atoms with Gasteiger partial charge < -0.3 is 19.1 Å². The highest BCUT2D eigenvalue weighted by atomic mass is 19.4. The number of ether oxygens (including phenoxy) is 3. The number of alkyl halides is 3. The van der Waals surface area contributed by atoms with Crippen molar-refractivity contribution in [3.8, 4) is 22.6 Å². The zero-order valence-corrected chi connectivity index (χ0v) is 17.5. The van der Waals surface area contributed by atoms with Crippen molar-refractivity contribution in [3.63, 3.8) is 0 Å². The predicted octanol–water partition coefficient (Wildman–Crippen LogP) is 5.74. The molecule has 0 bridgehead atoms. The van der Waals surface area contributed by atoms with E-state index in [0.717, 1.165) is 5.56 Å². The number of likely N-dealkylation sites (tertiary alicyclic amines) is 1. The first-order chi connectivity index (χ1) is 14.5. The highest BCUT2D eigenvalue weighted by Crippen LogP contribution is 2.45. The molecule has 4 rings (SSSR count). The smallest absolute Gasteiger partial charge is 0.489 e. The number of hydrogen-bond acceptors (Lipinski definition) is 4. The molecule has 0 radical (unpaired) electrons. The second kappa shape index (κ2) is 7.66. The van der Waals surface area contributed by atoms with Gasteiger partial charge in [-0.05, 0) is 44.5 Å². The average molecular weight is 435 g/mol. The van der Waals surface area contributed by atoms with Crippen LogP contribution in [0.3, 0.4) is 0 Å². The molecule has 0 aliphatic carbocycles. The molecule has 0 N–H and O–H groups in total. The van der Waals surface area contributed by atoms with Crippen LogP contribution in [0.1, 0.15) is 38.7 Å². The Morgan fingerprint density at radius 2 is 1.87 bits per heavy atom. The zero-order valence-electron chi connectivity index (χ0n) is 17.5. The van der Waals surface area contributed by atoms with E-state index in [1.807, 2.05) is 26.8 Å². The average Bonchev–Trinajstić information content (AvgIpc) is 3.03. The Labute approximate surface area is 178 Å². The molecule has 31 heavy (non-hydrogen) atoms. The van der Waals surface area contributed by atoms with Gasteiger partial charge in [0, 0.05) is 36.6 Å². The van der Waals surface area contributed by atoms with E-state index in [4.69, 9.17) is 9.47 Å². The number of rotatable bonds is 2. The molecule has 2 unspecified atom stereocenters. The van der Waals surface area contributed by atoms with Crippen LogP contribution in [0, 0.1) is 0 Å². The number of carbonyl (C=O) groups excluding carboxylic acids is 1. The number of amides is 1. The Bertz CT molecular complexity index is 984. The number of nitrogens with zero attached hydrogens (tertiary/aromatic N) is 1. The van der Waals surface area contributed by atoms with E-state index in [2.05, 4.69) is 4.74 Å². The molecule has 1 fully saturated rings. The molecule has 1 amide bonds. The summed E-state index contributed by atoms with van der Waals surface area (Å²) in [5, 5.41) is 0. The van der Waals surface area contributed by atoms with Crippen LogP contribution in [0.25, 0.3) is 11.1 Å². The third-order valence-electron chi connectivity index (χ3n) is 5.31. The van der Waals surface area contributed by atoms with Crippen molar-refractivity contribution in [1.82, 2.24) is 4.90 Å². The quantitative estimate of drug-likeness (QED) is 0.604. The van der Waals surface area contributed by atoms with Gasteiger partial charge in [0.05, 0.1) is 0 Å². The maximum Gasteiger partial charge on any atom is 0.573 e. The first-order valence-corrected chi connectivity index (χ1v) is 10.1. The fraction of sp³-hybridized carbons (Fsp3) is 0.435. The highest BCUT2D eigenvalue weighted by Gasteiger charge is 2.41. The Kier molecular flexibility index (Phi) is 5.27. The van der Waals surface area contributed by atoms with Crippen LogP contribution in [0.4, 0.5) is 18.0 Å². The monoisotopic (exact) mass is 435 g/mol. The summed E-state index contributed by atoms with van der Waals surface area (Å²) < 4.78 is 54.2. The lowest BCUT2D eigenvalue weighted by molar-refractivity contribution is -0.274. The highest BCUT2D eigenvalue weighted by molar-refractivity contribution is 5.73. The van der Waals surface area contributed by atoms with E-state index in [-0.39, 0.29) is 23.9 Å². The zero-order chi connectivity index (χ0) is 22.4. The van der Waals surface area contributed by atoms with Gasteiger partial charge in [-0.3, -0.25) is 0 Å². The summed E-state index contributed by atoms with van der Waals surface area (Å²) >= 11 is 0. The lowest BCUT2D eigenvalue weighted by Gasteiger charge is -2.35. The largest absolute Gasteiger partial charge is 0.573 e. The Morgan fingerprint density at radius 1 is 1.13 bits per heavy atom. The number of fused-ring (bicyclic) bond motifs is 3. The van der Waals surface area contributed by atoms with Crippen LogP contribution in [0.5, 0.6) is 11.5 Å². The Hall–Kier alpha value is -2.90. The third kappa shape index (κ3) is 4.73. The predicted molar refractivity (Wildman–Crippen MR) is 108 cm³/mol. The standard InChI is InChI=1S/C23H24F3NO4/c1-22(2,3)31-21(28)27-11-10-19-17(13-27)16-12-14(8-9-18(16)29-19)15-6-4-5-7-20(15)30-23(24,25)26/h4-9,12,17,19H,10-11,13H2,1-3H3. The number of hydrogen-bond donors (Lipinski definition) is 0. The second-order valence-corrected chi connectivity index (χ2v) is 8.77. The molecular weight excluding hydrogens is 411 g/mol. The van der Waals surface area contributed by atoms with E-state index in [1.54, 1.807) is 29.2 Å². The van der Waals surface area contributed by atoms with E-state index in [9.17, 15) is 18.0 Å². The molecular formula is C23H24F3NO4. The number of carbonyl (C=O) groups is 1. The lowest BCUT2D eigenvalue weighted by atomic mass is 9.88. The van der Waals surface area contributed by atoms with Crippen LogP contribution in [-0.4, -0.2) is 42.2 Å². The fourth-order valence-electron chi connectivity index (χ4n) is 4.06. The summed E-state index contributed by atoms with van der Waals surface area (Å²) in [6, 6.07) is 11.4. The normalized spacial score (nSPS) is 20.5. The summed E-state index contributed by atoms with van der Waals surface area (Å²) in [7, 11) is 0. The number of piperidine rings is 1. The second-order valence-electron chi connectivity index (χ2n) is 8.77. The van der Waals surface area contributed by atoms with Crippen molar-refractivity contribution in [3.05, 3.63) is 48.0 Å². The van der Waals surface area contributed by atoms with Crippen molar-refractivity contribution in [1.29, 1.82) is 0 Å². The molecule has 2 aliphatic heterocycles. The van der Waals surface area contributed by atoms with Crippen LogP contribution >= 0.6 is 0 Å². The van der Waals surface area contributed by atoms with Crippen LogP contribution in [-0.2, 0) is 4.74 Å². The summed E-state index contributed by atoms with van der Waals surface area (Å²) in [4.78, 5) is 14.2. The first-order valence-electron chi connectivity index (χ1n) is 10.1. The van der Waals surface area contributed by atoms with Gasteiger partial charge in [0.1, 0.15) is 23.2 Å².